The van der Waals surface area contributed by atoms with Crippen LogP contribution in [0.15, 0.2) is 61.4 Å². The number of hydrogen-bond donors (Lipinski definition) is 1. The molecule has 0 atom stereocenters. The number of nitro benzene ring substituents is 1. The monoisotopic (exact) mass is 611 g/mol. The fraction of sp³-hybridized carbons (Fsp3) is 0.333. The summed E-state index contributed by atoms with van der Waals surface area (Å²) in [4.78, 5) is 23.4. The number of nitrogens with zero attached hydrogens (tertiary/aromatic N) is 7. The summed E-state index contributed by atoms with van der Waals surface area (Å²) in [5.74, 6) is 1.57. The number of anilines is 3. The highest BCUT2D eigenvalue weighted by atomic mass is 16.6. The van der Waals surface area contributed by atoms with Crippen LogP contribution in [0, 0.1) is 10.1 Å². The van der Waals surface area contributed by atoms with Crippen molar-refractivity contribution in [2.75, 3.05) is 41.8 Å². The number of nitrogens with two attached hydrogens (primary N) is 1. The highest BCUT2D eigenvalue weighted by molar-refractivity contribution is 7.81. The van der Waals surface area contributed by atoms with Crippen LogP contribution in [0.2, 0.25) is 0 Å². The normalized spacial score (nSPS) is 12.7. The third-order valence-corrected chi connectivity index (χ3v) is 6.94. The number of non-ortho nitro benzene ring substituents is 1. The summed E-state index contributed by atoms with van der Waals surface area (Å²) >= 11 is 0. The van der Waals surface area contributed by atoms with Crippen LogP contribution in [-0.4, -0.2) is 101 Å². The molecule has 9 radical (unpaired) electrons. The summed E-state index contributed by atoms with van der Waals surface area (Å²) in [5.41, 5.74) is 10.4. The highest BCUT2D eigenvalue weighted by Crippen LogP contribution is 2.36. The first kappa shape index (κ1) is 36.2. The third kappa shape index (κ3) is 9.86. The summed E-state index contributed by atoms with van der Waals surface area (Å²) in [6, 6.07) is 10.4. The molecule has 2 aliphatic heterocycles. The predicted molar refractivity (Wildman–Crippen MR) is 190 cm³/mol. The van der Waals surface area contributed by atoms with E-state index < -0.39 is 11.3 Å². The van der Waals surface area contributed by atoms with Crippen LogP contribution in [0.25, 0.3) is 0 Å². The molecule has 0 fully saturated rings. The van der Waals surface area contributed by atoms with Gasteiger partial charge in [0.05, 0.1) is 66.5 Å². The van der Waals surface area contributed by atoms with E-state index in [0.29, 0.717) is 32.1 Å². The molecule has 6 rings (SSSR count). The Balaban J connectivity index is 0.000000206. The molecular formula is C27H34B7N8O4. The average molecular weight is 610 g/mol. The van der Waals surface area contributed by atoms with Crippen molar-refractivity contribution in [1.29, 1.82) is 0 Å². The number of fused-ring (bicyclic) bond motifs is 2. The molecule has 0 amide bonds. The molecule has 4 heterocycles. The quantitative estimate of drug-likeness (QED) is 0.142. The molecule has 0 unspecified atom stereocenters. The highest BCUT2D eigenvalue weighted by Gasteiger charge is 2.22. The molecule has 2 aliphatic rings. The van der Waals surface area contributed by atoms with Crippen molar-refractivity contribution in [1.82, 2.24) is 19.1 Å². The van der Waals surface area contributed by atoms with Crippen LogP contribution in [0.1, 0.15) is 18.8 Å². The van der Waals surface area contributed by atoms with Crippen LogP contribution in [0.4, 0.5) is 22.7 Å². The molecule has 0 aliphatic carbocycles. The molecule has 46 heavy (non-hydrogen) atoms. The zero-order valence-electron chi connectivity index (χ0n) is 25.4. The summed E-state index contributed by atoms with van der Waals surface area (Å²) in [6.45, 7) is 4.19. The van der Waals surface area contributed by atoms with Gasteiger partial charge in [-0.25, -0.2) is 9.97 Å². The minimum atomic E-state index is -0.537. The van der Waals surface area contributed by atoms with Gasteiger partial charge in [-0.15, -0.1) is 0 Å². The van der Waals surface area contributed by atoms with E-state index in [1.165, 1.54) is 13.1 Å². The van der Waals surface area contributed by atoms with Gasteiger partial charge in [0.25, 0.3) is 5.69 Å². The molecule has 19 heteroatoms. The van der Waals surface area contributed by atoms with E-state index in [4.69, 9.17) is 46.2 Å². The Morgan fingerprint density at radius 3 is 1.83 bits per heavy atom. The van der Waals surface area contributed by atoms with Gasteiger partial charge in [-0.3, -0.25) is 10.1 Å². The van der Waals surface area contributed by atoms with E-state index >= 15 is 0 Å². The number of imidazole rings is 2. The van der Waals surface area contributed by atoms with Gasteiger partial charge in [-0.2, -0.15) is 0 Å². The van der Waals surface area contributed by atoms with Crippen molar-refractivity contribution in [2.24, 2.45) is 14.1 Å². The molecule has 2 aromatic carbocycles. The Morgan fingerprint density at radius 2 is 1.41 bits per heavy atom. The lowest BCUT2D eigenvalue weighted by Crippen LogP contribution is -2.43. The Morgan fingerprint density at radius 1 is 0.913 bits per heavy atom. The van der Waals surface area contributed by atoms with Gasteiger partial charge in [0, 0.05) is 95.1 Å². The predicted octanol–water partition coefficient (Wildman–Crippen LogP) is 1.10. The summed E-state index contributed by atoms with van der Waals surface area (Å²) in [7, 11) is 25.5. The van der Waals surface area contributed by atoms with Crippen molar-refractivity contribution in [3.63, 3.8) is 0 Å². The molecule has 0 saturated carbocycles. The van der Waals surface area contributed by atoms with Gasteiger partial charge in [-0.05, 0) is 24.3 Å². The van der Waals surface area contributed by atoms with Crippen molar-refractivity contribution < 1.29 is 14.4 Å². The Hall–Kier alpha value is -4.29. The minimum Gasteiger partial charge on any atom is -0.490 e. The zero-order valence-corrected chi connectivity index (χ0v) is 25.4. The van der Waals surface area contributed by atoms with Crippen molar-refractivity contribution in [3.05, 3.63) is 82.9 Å². The molecule has 2 N–H and O–H groups in total. The third-order valence-electron chi connectivity index (χ3n) is 6.94. The number of nitro groups is 1. The molecule has 227 valence electrons. The van der Waals surface area contributed by atoms with E-state index in [-0.39, 0.29) is 19.5 Å². The van der Waals surface area contributed by atoms with Crippen LogP contribution in [-0.2, 0) is 27.2 Å². The van der Waals surface area contributed by atoms with E-state index in [1.807, 2.05) is 65.0 Å². The number of rotatable bonds is 7. The van der Waals surface area contributed by atoms with Crippen molar-refractivity contribution in [3.8, 4) is 11.5 Å². The SMILES string of the molecule is C.Cn1cnc(CN2CCOc3ccc(N)cc32)c1.Cn1cnc(CN2CCOc3ccc([N+](=O)[O-])cc32)c1.[B][B]B([B])B([B])[B]. The largest absolute Gasteiger partial charge is 0.490 e. The second kappa shape index (κ2) is 16.9. The van der Waals surface area contributed by atoms with E-state index in [0.717, 1.165) is 47.3 Å². The molecule has 2 aromatic heterocycles. The second-order valence-corrected chi connectivity index (χ2v) is 10.6. The lowest BCUT2D eigenvalue weighted by atomic mass is 8.76. The summed E-state index contributed by atoms with van der Waals surface area (Å²) in [6.07, 6.45) is 6.60. The molecule has 0 saturated heterocycles. The first-order valence-electron chi connectivity index (χ1n) is 14.2. The maximum atomic E-state index is 10.9. The van der Waals surface area contributed by atoms with E-state index in [1.54, 1.807) is 18.5 Å². The van der Waals surface area contributed by atoms with Crippen LogP contribution >= 0.6 is 0 Å². The first-order chi connectivity index (χ1) is 21.5. The van der Waals surface area contributed by atoms with Gasteiger partial charge >= 0.3 is 0 Å². The van der Waals surface area contributed by atoms with Crippen LogP contribution < -0.4 is 25.0 Å². The lowest BCUT2D eigenvalue weighted by Gasteiger charge is -2.30. The summed E-state index contributed by atoms with van der Waals surface area (Å²) in [5, 5.41) is 10.9. The first-order valence-corrected chi connectivity index (χ1v) is 14.2. The second-order valence-electron chi connectivity index (χ2n) is 10.6. The fourth-order valence-corrected chi connectivity index (χ4v) is 4.61. The maximum absolute atomic E-state index is 10.9. The van der Waals surface area contributed by atoms with Gasteiger partial charge in [-0.1, -0.05) is 7.43 Å². The Bertz CT molecular complexity index is 1570. The van der Waals surface area contributed by atoms with Crippen molar-refractivity contribution >= 4 is 73.5 Å². The van der Waals surface area contributed by atoms with Crippen molar-refractivity contribution in [2.45, 2.75) is 20.5 Å². The average Bonchev–Trinajstić information content (AvgIpc) is 3.64. The maximum Gasteiger partial charge on any atom is 0.271 e. The standard InChI is InChI=1S/C13H14N4O3.C13H16N4O.CH4.B7/c1-15-7-10(14-9-15)8-16-4-5-20-13-3-2-11(17(18)19)6-12(13)16;1-16-7-11(15-9-16)8-17-4-5-18-13-3-2-10(14)6-12(13)17;;1-5-7(4)6(2)3/h2-3,6-7,9H,4-5,8H2,1H3;2-3,6-7,9H,4-5,8,14H2,1H3;1H4;. The topological polar surface area (TPSA) is 130 Å². The smallest absolute Gasteiger partial charge is 0.271 e. The van der Waals surface area contributed by atoms with Crippen LogP contribution in [0.5, 0.6) is 11.5 Å². The zero-order chi connectivity index (χ0) is 32.5. The number of nitrogen functional groups attached to an aromatic ring is 1. The molecule has 0 spiro atoms. The van der Waals surface area contributed by atoms with Gasteiger partial charge in [0.2, 0.25) is 0 Å². The van der Waals surface area contributed by atoms with Crippen LogP contribution in [0.3, 0.4) is 0 Å². The van der Waals surface area contributed by atoms with E-state index in [9.17, 15) is 10.1 Å². The number of aromatic nitrogens is 4. The molecular weight excluding hydrogens is 576 g/mol. The molecule has 4 aromatic rings. The molecule has 12 nitrogen and oxygen atoms in total. The minimum absolute atomic E-state index is 0. The molecule has 0 bridgehead atoms. The Kier molecular flexibility index (Phi) is 13.3. The van der Waals surface area contributed by atoms with E-state index in [2.05, 4.69) is 14.9 Å². The number of ether oxygens (including phenoxy) is 2. The summed E-state index contributed by atoms with van der Waals surface area (Å²) < 4.78 is 15.0. The fourth-order valence-electron chi connectivity index (χ4n) is 4.61. The number of aryl methyl sites for hydroxylation is 2. The van der Waals surface area contributed by atoms with Gasteiger partial charge in [0.1, 0.15) is 24.7 Å². The lowest BCUT2D eigenvalue weighted by molar-refractivity contribution is -0.384. The van der Waals surface area contributed by atoms with Gasteiger partial charge < -0.3 is 34.1 Å². The Labute approximate surface area is 277 Å². The number of benzene rings is 2. The number of hydrogen-bond acceptors (Lipinski definition) is 9. The van der Waals surface area contributed by atoms with Gasteiger partial charge in [0.15, 0.2) is 0 Å².